The lowest BCUT2D eigenvalue weighted by Crippen LogP contribution is -2.58. The highest BCUT2D eigenvalue weighted by Gasteiger charge is 2.36. The molecule has 1 amide bonds. The molecule has 3 heterocycles. The largest absolute Gasteiger partial charge is 0.489 e. The van der Waals surface area contributed by atoms with E-state index < -0.39 is 15.9 Å². The lowest BCUT2D eigenvalue weighted by Gasteiger charge is -2.45. The van der Waals surface area contributed by atoms with Crippen molar-refractivity contribution in [2.45, 2.75) is 31.8 Å². The quantitative estimate of drug-likeness (QED) is 0.539. The molecule has 1 aromatic heterocycles. The SMILES string of the molecule is CCS(=O)(=O)N1CCN2c3ccc(Nc4ncc(C(N)=O)c(NC5CC5)n4)cc3OC[C@H]2C1. The Balaban J connectivity index is 1.33. The summed E-state index contributed by atoms with van der Waals surface area (Å²) in [5.41, 5.74) is 7.38. The number of nitrogens with two attached hydrogens (primary N) is 1. The van der Waals surface area contributed by atoms with Gasteiger partial charge in [-0.1, -0.05) is 0 Å². The van der Waals surface area contributed by atoms with Crippen molar-refractivity contribution < 1.29 is 17.9 Å². The van der Waals surface area contributed by atoms with Crippen LogP contribution in [0.4, 0.5) is 23.1 Å². The fourth-order valence-electron chi connectivity index (χ4n) is 4.14. The van der Waals surface area contributed by atoms with E-state index in [-0.39, 0.29) is 17.4 Å². The number of benzene rings is 1. The van der Waals surface area contributed by atoms with Crippen LogP contribution in [0.2, 0.25) is 0 Å². The normalized spacial score (nSPS) is 20.4. The Labute approximate surface area is 192 Å². The molecule has 1 aliphatic carbocycles. The molecule has 0 spiro atoms. The molecule has 176 valence electrons. The first kappa shape index (κ1) is 21.7. The molecule has 5 rings (SSSR count). The van der Waals surface area contributed by atoms with Gasteiger partial charge in [-0.2, -0.15) is 9.29 Å². The highest BCUT2D eigenvalue weighted by Crippen LogP contribution is 2.38. The Morgan fingerprint density at radius 3 is 2.85 bits per heavy atom. The molecular weight excluding hydrogens is 446 g/mol. The minimum Gasteiger partial charge on any atom is -0.489 e. The first-order valence-electron chi connectivity index (χ1n) is 11.1. The van der Waals surface area contributed by atoms with Gasteiger partial charge in [-0.3, -0.25) is 4.79 Å². The number of carbonyl (C=O) groups is 1. The number of aromatic nitrogens is 2. The van der Waals surface area contributed by atoms with Crippen molar-refractivity contribution in [2.24, 2.45) is 5.73 Å². The molecule has 1 aromatic carbocycles. The molecule has 33 heavy (non-hydrogen) atoms. The topological polar surface area (TPSA) is 143 Å². The summed E-state index contributed by atoms with van der Waals surface area (Å²) in [6.45, 7) is 3.57. The molecule has 2 fully saturated rings. The van der Waals surface area contributed by atoms with Crippen molar-refractivity contribution in [2.75, 3.05) is 47.5 Å². The summed E-state index contributed by atoms with van der Waals surface area (Å²) in [4.78, 5) is 22.6. The Morgan fingerprint density at radius 2 is 2.12 bits per heavy atom. The maximum Gasteiger partial charge on any atom is 0.254 e. The van der Waals surface area contributed by atoms with Gasteiger partial charge in [-0.25, -0.2) is 13.4 Å². The number of rotatable bonds is 7. The molecule has 12 heteroatoms. The first-order valence-corrected chi connectivity index (χ1v) is 12.7. The number of ether oxygens (including phenoxy) is 1. The van der Waals surface area contributed by atoms with Gasteiger partial charge in [-0.05, 0) is 31.9 Å². The zero-order chi connectivity index (χ0) is 23.2. The van der Waals surface area contributed by atoms with Crippen LogP contribution in [0.1, 0.15) is 30.1 Å². The highest BCUT2D eigenvalue weighted by atomic mass is 32.2. The van der Waals surface area contributed by atoms with Crippen molar-refractivity contribution in [3.8, 4) is 5.75 Å². The predicted octanol–water partition coefficient (Wildman–Crippen LogP) is 1.13. The summed E-state index contributed by atoms with van der Waals surface area (Å²) in [7, 11) is -3.21. The average molecular weight is 474 g/mol. The van der Waals surface area contributed by atoms with Gasteiger partial charge in [0.15, 0.2) is 0 Å². The van der Waals surface area contributed by atoms with Crippen LogP contribution < -0.4 is 26.0 Å². The number of fused-ring (bicyclic) bond motifs is 3. The van der Waals surface area contributed by atoms with E-state index in [0.717, 1.165) is 24.2 Å². The Bertz CT molecular complexity index is 1190. The van der Waals surface area contributed by atoms with Gasteiger partial charge in [-0.15, -0.1) is 0 Å². The standard InChI is InChI=1S/C21H27N7O4S/c1-2-33(30,31)27-7-8-28-15(11-27)12-32-18-9-14(5-6-17(18)28)25-21-23-10-16(19(22)29)20(26-21)24-13-3-4-13/h5-6,9-10,13,15H,2-4,7-8,11-12H2,1H3,(H2,22,29)(H2,23,24,25,26)/t15-/m1/s1. The van der Waals surface area contributed by atoms with Crippen molar-refractivity contribution in [1.29, 1.82) is 0 Å². The maximum absolute atomic E-state index is 12.3. The zero-order valence-corrected chi connectivity index (χ0v) is 19.1. The number of nitrogens with zero attached hydrogens (tertiary/aromatic N) is 4. The van der Waals surface area contributed by atoms with E-state index in [9.17, 15) is 13.2 Å². The molecule has 2 aliphatic heterocycles. The van der Waals surface area contributed by atoms with E-state index in [2.05, 4.69) is 25.5 Å². The molecule has 0 radical (unpaired) electrons. The molecule has 4 N–H and O–H groups in total. The lowest BCUT2D eigenvalue weighted by atomic mass is 10.1. The van der Waals surface area contributed by atoms with E-state index in [4.69, 9.17) is 10.5 Å². The monoisotopic (exact) mass is 473 g/mol. The molecule has 1 saturated heterocycles. The van der Waals surface area contributed by atoms with Gasteiger partial charge < -0.3 is 26.0 Å². The van der Waals surface area contributed by atoms with Crippen LogP contribution in [-0.2, 0) is 10.0 Å². The van der Waals surface area contributed by atoms with E-state index in [1.807, 2.05) is 18.2 Å². The van der Waals surface area contributed by atoms with Gasteiger partial charge in [0.1, 0.15) is 18.2 Å². The molecule has 11 nitrogen and oxygen atoms in total. The lowest BCUT2D eigenvalue weighted by molar-refractivity contribution is 0.100. The van der Waals surface area contributed by atoms with Gasteiger partial charge in [0.25, 0.3) is 5.91 Å². The summed E-state index contributed by atoms with van der Waals surface area (Å²) in [6.07, 6.45) is 3.49. The van der Waals surface area contributed by atoms with Gasteiger partial charge in [0, 0.05) is 43.6 Å². The van der Waals surface area contributed by atoms with Gasteiger partial charge in [0.2, 0.25) is 16.0 Å². The second-order valence-electron chi connectivity index (χ2n) is 8.46. The van der Waals surface area contributed by atoms with E-state index in [1.165, 1.54) is 6.20 Å². The van der Waals surface area contributed by atoms with Crippen molar-refractivity contribution in [3.63, 3.8) is 0 Å². The first-order chi connectivity index (χ1) is 15.8. The number of amides is 1. The summed E-state index contributed by atoms with van der Waals surface area (Å²) in [6, 6.07) is 6.02. The number of anilines is 4. The third kappa shape index (κ3) is 4.40. The molecule has 1 atom stereocenters. The number of hydrogen-bond donors (Lipinski definition) is 3. The molecular formula is C21H27N7O4S. The number of hydrogen-bond acceptors (Lipinski definition) is 9. The van der Waals surface area contributed by atoms with Crippen LogP contribution in [0.25, 0.3) is 0 Å². The smallest absolute Gasteiger partial charge is 0.254 e. The highest BCUT2D eigenvalue weighted by molar-refractivity contribution is 7.89. The van der Waals surface area contributed by atoms with Crippen LogP contribution in [-0.4, -0.2) is 72.7 Å². The molecule has 3 aliphatic rings. The molecule has 0 unspecified atom stereocenters. The fraction of sp³-hybridized carbons (Fsp3) is 0.476. The second kappa shape index (κ2) is 8.34. The van der Waals surface area contributed by atoms with Crippen molar-refractivity contribution in [1.82, 2.24) is 14.3 Å². The Morgan fingerprint density at radius 1 is 1.30 bits per heavy atom. The molecule has 0 bridgehead atoms. The minimum absolute atomic E-state index is 0.0212. The summed E-state index contributed by atoms with van der Waals surface area (Å²) < 4.78 is 32.0. The predicted molar refractivity (Wildman–Crippen MR) is 125 cm³/mol. The number of carbonyl (C=O) groups excluding carboxylic acids is 1. The number of piperazine rings is 1. The summed E-state index contributed by atoms with van der Waals surface area (Å²) in [5.74, 6) is 1.02. The van der Waals surface area contributed by atoms with Crippen LogP contribution in [0, 0.1) is 0 Å². The van der Waals surface area contributed by atoms with Crippen LogP contribution in [0.3, 0.4) is 0 Å². The zero-order valence-electron chi connectivity index (χ0n) is 18.3. The van der Waals surface area contributed by atoms with Gasteiger partial charge in [0.05, 0.1) is 23.0 Å². The summed E-state index contributed by atoms with van der Waals surface area (Å²) in [5, 5.41) is 6.38. The third-order valence-electron chi connectivity index (χ3n) is 6.13. The van der Waals surface area contributed by atoms with Gasteiger partial charge >= 0.3 is 0 Å². The second-order valence-corrected chi connectivity index (χ2v) is 10.7. The molecule has 1 saturated carbocycles. The van der Waals surface area contributed by atoms with Crippen molar-refractivity contribution in [3.05, 3.63) is 30.0 Å². The van der Waals surface area contributed by atoms with E-state index >= 15 is 0 Å². The fourth-order valence-corrected chi connectivity index (χ4v) is 5.26. The molecule has 2 aromatic rings. The summed E-state index contributed by atoms with van der Waals surface area (Å²) >= 11 is 0. The number of sulfonamides is 1. The van der Waals surface area contributed by atoms with Crippen LogP contribution in [0.5, 0.6) is 5.75 Å². The van der Waals surface area contributed by atoms with Crippen molar-refractivity contribution >= 4 is 39.1 Å². The van der Waals surface area contributed by atoms with E-state index in [0.29, 0.717) is 49.8 Å². The maximum atomic E-state index is 12.3. The minimum atomic E-state index is -3.21. The third-order valence-corrected chi connectivity index (χ3v) is 7.98. The van der Waals surface area contributed by atoms with Crippen LogP contribution >= 0.6 is 0 Å². The Hall–Kier alpha value is -3.12. The van der Waals surface area contributed by atoms with Crippen LogP contribution in [0.15, 0.2) is 24.4 Å². The Kier molecular flexibility index (Phi) is 5.49. The number of nitrogens with one attached hydrogen (secondary N) is 2. The number of primary amides is 1. The van der Waals surface area contributed by atoms with E-state index in [1.54, 1.807) is 11.2 Å². The average Bonchev–Trinajstić information content (AvgIpc) is 3.62.